The Morgan fingerprint density at radius 2 is 1.76 bits per heavy atom. The molecule has 3 aliphatic rings. The van der Waals surface area contributed by atoms with Gasteiger partial charge in [-0.25, -0.2) is 14.7 Å². The van der Waals surface area contributed by atoms with Gasteiger partial charge in [-0.1, -0.05) is 6.42 Å². The SMILES string of the molecule is CC(C)(C)OC(=O)NC1CCCC1C(=O)NNC(=O)C1CCC2CN1C(=O)N2O. The van der Waals surface area contributed by atoms with Crippen LogP contribution in [0.25, 0.3) is 0 Å². The van der Waals surface area contributed by atoms with Gasteiger partial charge in [-0.05, 0) is 46.5 Å². The molecule has 3 rings (SSSR count). The second-order valence-corrected chi connectivity index (χ2v) is 8.80. The fraction of sp³-hybridized carbons (Fsp3) is 0.778. The van der Waals surface area contributed by atoms with Crippen molar-refractivity contribution < 1.29 is 29.1 Å². The van der Waals surface area contributed by atoms with E-state index in [0.717, 1.165) is 6.42 Å². The van der Waals surface area contributed by atoms with E-state index in [4.69, 9.17) is 4.74 Å². The first-order valence-electron chi connectivity index (χ1n) is 9.95. The van der Waals surface area contributed by atoms with E-state index >= 15 is 0 Å². The first-order valence-corrected chi connectivity index (χ1v) is 9.95. The Morgan fingerprint density at radius 3 is 2.45 bits per heavy atom. The van der Waals surface area contributed by atoms with Gasteiger partial charge in [-0.3, -0.25) is 25.6 Å². The number of fused-ring (bicyclic) bond motifs is 2. The Morgan fingerprint density at radius 1 is 1.07 bits per heavy atom. The maximum absolute atomic E-state index is 12.5. The number of hydrogen-bond acceptors (Lipinski definition) is 6. The number of alkyl carbamates (subject to hydrolysis) is 1. The molecule has 2 aliphatic heterocycles. The average Bonchev–Trinajstić information content (AvgIpc) is 3.17. The number of amides is 5. The first kappa shape index (κ1) is 21.2. The van der Waals surface area contributed by atoms with Gasteiger partial charge in [0, 0.05) is 12.6 Å². The molecule has 0 aromatic heterocycles. The molecule has 4 unspecified atom stereocenters. The van der Waals surface area contributed by atoms with Crippen LogP contribution in [0.4, 0.5) is 9.59 Å². The van der Waals surface area contributed by atoms with E-state index in [2.05, 4.69) is 16.2 Å². The Hall–Kier alpha value is -2.56. The van der Waals surface area contributed by atoms with Crippen molar-refractivity contribution in [1.29, 1.82) is 0 Å². The van der Waals surface area contributed by atoms with Crippen LogP contribution in [0.2, 0.25) is 0 Å². The number of nitrogens with zero attached hydrogens (tertiary/aromatic N) is 2. The summed E-state index contributed by atoms with van der Waals surface area (Å²) in [5.41, 5.74) is 4.16. The molecule has 1 saturated carbocycles. The van der Waals surface area contributed by atoms with Crippen molar-refractivity contribution in [3.05, 3.63) is 0 Å². The predicted octanol–water partition coefficient (Wildman–Crippen LogP) is 0.485. The summed E-state index contributed by atoms with van der Waals surface area (Å²) < 4.78 is 5.24. The molecule has 29 heavy (non-hydrogen) atoms. The van der Waals surface area contributed by atoms with Crippen molar-refractivity contribution in [2.45, 2.75) is 76.6 Å². The second-order valence-electron chi connectivity index (χ2n) is 8.80. The van der Waals surface area contributed by atoms with Crippen LogP contribution in [0.15, 0.2) is 0 Å². The van der Waals surface area contributed by atoms with E-state index in [-0.39, 0.29) is 18.6 Å². The van der Waals surface area contributed by atoms with Gasteiger partial charge in [0.15, 0.2) is 0 Å². The van der Waals surface area contributed by atoms with Crippen molar-refractivity contribution >= 4 is 23.9 Å². The van der Waals surface area contributed by atoms with Crippen LogP contribution in [0, 0.1) is 5.92 Å². The second kappa shape index (κ2) is 8.05. The lowest BCUT2D eigenvalue weighted by molar-refractivity contribution is -0.133. The third-order valence-electron chi connectivity index (χ3n) is 5.51. The molecule has 4 N–H and O–H groups in total. The molecule has 0 spiro atoms. The van der Waals surface area contributed by atoms with Crippen LogP contribution in [-0.2, 0) is 14.3 Å². The highest BCUT2D eigenvalue weighted by atomic mass is 16.6. The zero-order valence-electron chi connectivity index (χ0n) is 16.9. The van der Waals surface area contributed by atoms with E-state index in [1.165, 1.54) is 4.90 Å². The van der Waals surface area contributed by atoms with E-state index in [0.29, 0.717) is 30.7 Å². The molecule has 0 aromatic rings. The van der Waals surface area contributed by atoms with Crippen molar-refractivity contribution in [3.8, 4) is 0 Å². The number of carbonyl (C=O) groups is 4. The molecule has 2 saturated heterocycles. The summed E-state index contributed by atoms with van der Waals surface area (Å²) in [6.07, 6.45) is 2.33. The first-order chi connectivity index (χ1) is 13.6. The van der Waals surface area contributed by atoms with Crippen LogP contribution in [0.5, 0.6) is 0 Å². The number of carbonyl (C=O) groups excluding carboxylic acids is 4. The number of urea groups is 1. The van der Waals surface area contributed by atoms with Gasteiger partial charge in [0.1, 0.15) is 11.6 Å². The van der Waals surface area contributed by atoms with E-state index < -0.39 is 41.5 Å². The highest BCUT2D eigenvalue weighted by Gasteiger charge is 2.47. The van der Waals surface area contributed by atoms with Crippen LogP contribution in [0.1, 0.15) is 52.9 Å². The molecular formula is C18H29N5O6. The smallest absolute Gasteiger partial charge is 0.407 e. The largest absolute Gasteiger partial charge is 0.444 e. The normalized spacial score (nSPS) is 28.9. The zero-order valence-corrected chi connectivity index (χ0v) is 16.9. The highest BCUT2D eigenvalue weighted by molar-refractivity contribution is 5.90. The van der Waals surface area contributed by atoms with Crippen LogP contribution >= 0.6 is 0 Å². The summed E-state index contributed by atoms with van der Waals surface area (Å²) in [5, 5.41) is 13.1. The minimum absolute atomic E-state index is 0.284. The molecule has 0 radical (unpaired) electrons. The molecule has 1 aliphatic carbocycles. The topological polar surface area (TPSA) is 140 Å². The van der Waals surface area contributed by atoms with Gasteiger partial charge in [0.05, 0.1) is 12.0 Å². The number of hydroxylamine groups is 2. The molecule has 162 valence electrons. The lowest BCUT2D eigenvalue weighted by atomic mass is 10.0. The minimum Gasteiger partial charge on any atom is -0.444 e. The maximum Gasteiger partial charge on any atom is 0.407 e. The van der Waals surface area contributed by atoms with Crippen LogP contribution in [0.3, 0.4) is 0 Å². The number of nitrogens with one attached hydrogen (secondary N) is 3. The number of ether oxygens (including phenoxy) is 1. The van der Waals surface area contributed by atoms with Crippen molar-refractivity contribution in [2.24, 2.45) is 5.92 Å². The van der Waals surface area contributed by atoms with Crippen LogP contribution in [-0.4, -0.2) is 69.4 Å². The summed E-state index contributed by atoms with van der Waals surface area (Å²) in [5.74, 6) is -1.39. The molecule has 2 heterocycles. The van der Waals surface area contributed by atoms with Crippen molar-refractivity contribution in [2.75, 3.05) is 6.54 Å². The highest BCUT2D eigenvalue weighted by Crippen LogP contribution is 2.29. The molecule has 4 atom stereocenters. The monoisotopic (exact) mass is 411 g/mol. The summed E-state index contributed by atoms with van der Waals surface area (Å²) in [7, 11) is 0. The number of hydrogen-bond donors (Lipinski definition) is 4. The number of hydrazine groups is 1. The fourth-order valence-corrected chi connectivity index (χ4v) is 4.13. The lowest BCUT2D eigenvalue weighted by Gasteiger charge is -2.29. The third-order valence-corrected chi connectivity index (χ3v) is 5.51. The Bertz CT molecular complexity index is 693. The predicted molar refractivity (Wildman–Crippen MR) is 99.3 cm³/mol. The number of piperidine rings is 1. The quantitative estimate of drug-likeness (QED) is 0.393. The summed E-state index contributed by atoms with van der Waals surface area (Å²) >= 11 is 0. The van der Waals surface area contributed by atoms with E-state index in [1.807, 2.05) is 0 Å². The average molecular weight is 411 g/mol. The molecule has 11 heteroatoms. The van der Waals surface area contributed by atoms with Crippen molar-refractivity contribution in [1.82, 2.24) is 26.1 Å². The molecule has 5 amide bonds. The summed E-state index contributed by atoms with van der Waals surface area (Å²) in [6.45, 7) is 5.56. The summed E-state index contributed by atoms with van der Waals surface area (Å²) in [6, 6.07) is -2.01. The zero-order chi connectivity index (χ0) is 21.3. The molecule has 0 aromatic carbocycles. The fourth-order valence-electron chi connectivity index (χ4n) is 4.13. The van der Waals surface area contributed by atoms with Gasteiger partial charge in [-0.15, -0.1) is 0 Å². The number of rotatable bonds is 3. The molecule has 11 nitrogen and oxygen atoms in total. The van der Waals surface area contributed by atoms with E-state index in [1.54, 1.807) is 20.8 Å². The third kappa shape index (κ3) is 4.72. The molecular weight excluding hydrogens is 382 g/mol. The Balaban J connectivity index is 1.50. The minimum atomic E-state index is -0.740. The molecule has 2 bridgehead atoms. The Labute approximate surface area is 169 Å². The Kier molecular flexibility index (Phi) is 5.87. The standard InChI is InChI=1S/C18H29N5O6/c1-18(2,3)29-16(26)19-12-6-4-5-11(12)14(24)20-21-15(25)13-8-7-10-9-22(13)17(27)23(10)28/h10-13,28H,4-9H2,1-3H3,(H,19,26)(H,20,24)(H,21,25). The summed E-state index contributed by atoms with van der Waals surface area (Å²) in [4.78, 5) is 50.3. The maximum atomic E-state index is 12.5. The van der Waals surface area contributed by atoms with Gasteiger partial charge in [0.25, 0.3) is 5.91 Å². The van der Waals surface area contributed by atoms with Gasteiger partial charge in [-0.2, -0.15) is 0 Å². The van der Waals surface area contributed by atoms with Gasteiger partial charge >= 0.3 is 12.1 Å². The molecule has 3 fully saturated rings. The van der Waals surface area contributed by atoms with Gasteiger partial charge in [0.2, 0.25) is 5.91 Å². The van der Waals surface area contributed by atoms with Gasteiger partial charge < -0.3 is 15.0 Å². The van der Waals surface area contributed by atoms with Crippen molar-refractivity contribution in [3.63, 3.8) is 0 Å². The lowest BCUT2D eigenvalue weighted by Crippen LogP contribution is -2.56. The van der Waals surface area contributed by atoms with E-state index in [9.17, 15) is 24.4 Å². The van der Waals surface area contributed by atoms with Crippen LogP contribution < -0.4 is 16.2 Å².